The van der Waals surface area contributed by atoms with Gasteiger partial charge in [-0.05, 0) is 38.7 Å². The highest BCUT2D eigenvalue weighted by Gasteiger charge is 2.33. The first kappa shape index (κ1) is 17.2. The second-order valence-corrected chi connectivity index (χ2v) is 7.48. The van der Waals surface area contributed by atoms with Crippen LogP contribution >= 0.6 is 0 Å². The van der Waals surface area contributed by atoms with Gasteiger partial charge in [0.25, 0.3) is 5.91 Å². The first-order chi connectivity index (χ1) is 12.5. The Balaban J connectivity index is 1.62. The van der Waals surface area contributed by atoms with E-state index in [1.165, 1.54) is 6.07 Å². The number of nitrogens with one attached hydrogen (secondary N) is 1. The van der Waals surface area contributed by atoms with Crippen molar-refractivity contribution in [2.75, 3.05) is 6.54 Å². The molecule has 2 aromatic rings. The molecule has 0 unspecified atom stereocenters. The number of nitrogens with zero attached hydrogens (tertiary/aromatic N) is 2. The van der Waals surface area contributed by atoms with Crippen LogP contribution in [0.15, 0.2) is 24.3 Å². The molecule has 1 aliphatic carbocycles. The predicted octanol–water partition coefficient (Wildman–Crippen LogP) is 3.62. The topological polar surface area (TPSA) is 58.2 Å². The van der Waals surface area contributed by atoms with Crippen LogP contribution in [0.2, 0.25) is 0 Å². The highest BCUT2D eigenvalue weighted by atomic mass is 19.1. The third-order valence-corrected chi connectivity index (χ3v) is 5.22. The summed E-state index contributed by atoms with van der Waals surface area (Å²) in [5.74, 6) is 0.112. The van der Waals surface area contributed by atoms with E-state index in [0.29, 0.717) is 30.1 Å². The number of aromatic nitrogens is 2. The molecular weight excluding hydrogens is 333 g/mol. The van der Waals surface area contributed by atoms with Gasteiger partial charge in [-0.25, -0.2) is 4.39 Å². The van der Waals surface area contributed by atoms with E-state index < -0.39 is 0 Å². The lowest BCUT2D eigenvalue weighted by Gasteiger charge is -2.27. The minimum Gasteiger partial charge on any atom is -0.369 e. The minimum atomic E-state index is -0.277. The van der Waals surface area contributed by atoms with Crippen molar-refractivity contribution in [1.29, 1.82) is 0 Å². The summed E-state index contributed by atoms with van der Waals surface area (Å²) in [5.41, 5.74) is 2.81. The van der Waals surface area contributed by atoms with Gasteiger partial charge in [0.2, 0.25) is 0 Å². The van der Waals surface area contributed by atoms with Crippen LogP contribution in [-0.4, -0.2) is 33.7 Å². The molecule has 1 amide bonds. The van der Waals surface area contributed by atoms with Crippen molar-refractivity contribution in [3.8, 4) is 0 Å². The summed E-state index contributed by atoms with van der Waals surface area (Å²) in [4.78, 5) is 15.0. The summed E-state index contributed by atoms with van der Waals surface area (Å²) in [6.07, 6.45) is 2.86. The fraction of sp³-hybridized carbons (Fsp3) is 0.500. The smallest absolute Gasteiger partial charge is 0.274 e. The number of aromatic amines is 1. The SMILES string of the molecule is C[C@@H]1Cc2c(C(=O)N(Cc3ccccc3F)CC3CC3)n[nH]c2[C@H](C)O1. The van der Waals surface area contributed by atoms with Gasteiger partial charge >= 0.3 is 0 Å². The number of carbonyl (C=O) groups excluding carboxylic acids is 1. The van der Waals surface area contributed by atoms with Crippen LogP contribution in [-0.2, 0) is 17.7 Å². The largest absolute Gasteiger partial charge is 0.369 e. The number of fused-ring (bicyclic) bond motifs is 1. The second kappa shape index (κ2) is 6.83. The van der Waals surface area contributed by atoms with E-state index in [4.69, 9.17) is 4.74 Å². The molecular formula is C20H24FN3O2. The van der Waals surface area contributed by atoms with Crippen LogP contribution in [0, 0.1) is 11.7 Å². The Hall–Kier alpha value is -2.21. The third kappa shape index (κ3) is 3.38. The van der Waals surface area contributed by atoms with Crippen LogP contribution in [0.25, 0.3) is 0 Å². The monoisotopic (exact) mass is 357 g/mol. The molecule has 26 heavy (non-hydrogen) atoms. The molecule has 5 nitrogen and oxygen atoms in total. The average Bonchev–Trinajstić information content (AvgIpc) is 3.32. The molecule has 0 spiro atoms. The summed E-state index contributed by atoms with van der Waals surface area (Å²) in [5, 5.41) is 7.29. The number of H-pyrrole nitrogens is 1. The number of carbonyl (C=O) groups is 1. The van der Waals surface area contributed by atoms with E-state index in [-0.39, 0.29) is 30.5 Å². The summed E-state index contributed by atoms with van der Waals surface area (Å²) < 4.78 is 19.9. The van der Waals surface area contributed by atoms with Gasteiger partial charge in [0.15, 0.2) is 5.69 Å². The minimum absolute atomic E-state index is 0.0464. The molecule has 1 fully saturated rings. The zero-order valence-electron chi connectivity index (χ0n) is 15.2. The zero-order valence-corrected chi connectivity index (χ0v) is 15.2. The van der Waals surface area contributed by atoms with E-state index in [0.717, 1.165) is 24.1 Å². The third-order valence-electron chi connectivity index (χ3n) is 5.22. The summed E-state index contributed by atoms with van der Waals surface area (Å²) >= 11 is 0. The Morgan fingerprint density at radius 3 is 2.85 bits per heavy atom. The molecule has 0 saturated heterocycles. The number of rotatable bonds is 5. The molecule has 1 N–H and O–H groups in total. The van der Waals surface area contributed by atoms with Gasteiger partial charge in [-0.1, -0.05) is 18.2 Å². The molecule has 2 heterocycles. The second-order valence-electron chi connectivity index (χ2n) is 7.48. The maximum atomic E-state index is 14.1. The van der Waals surface area contributed by atoms with Crippen molar-refractivity contribution >= 4 is 5.91 Å². The summed E-state index contributed by atoms with van der Waals surface area (Å²) in [6.45, 7) is 4.88. The summed E-state index contributed by atoms with van der Waals surface area (Å²) in [6, 6.07) is 6.64. The lowest BCUT2D eigenvalue weighted by Crippen LogP contribution is -2.34. The van der Waals surface area contributed by atoms with Crippen LogP contribution in [0.1, 0.15) is 60.1 Å². The molecule has 0 bridgehead atoms. The fourth-order valence-electron chi connectivity index (χ4n) is 3.66. The van der Waals surface area contributed by atoms with Crippen LogP contribution in [0.5, 0.6) is 0 Å². The van der Waals surface area contributed by atoms with Gasteiger partial charge in [-0.15, -0.1) is 0 Å². The van der Waals surface area contributed by atoms with E-state index in [9.17, 15) is 9.18 Å². The van der Waals surface area contributed by atoms with Crippen molar-refractivity contribution in [3.63, 3.8) is 0 Å². The molecule has 1 aromatic heterocycles. The highest BCUT2D eigenvalue weighted by Crippen LogP contribution is 2.33. The highest BCUT2D eigenvalue weighted by molar-refractivity contribution is 5.94. The number of ether oxygens (including phenoxy) is 1. The normalized spacial score (nSPS) is 22.1. The molecule has 1 saturated carbocycles. The Morgan fingerprint density at radius 2 is 2.12 bits per heavy atom. The van der Waals surface area contributed by atoms with Crippen LogP contribution < -0.4 is 0 Å². The van der Waals surface area contributed by atoms with Gasteiger partial charge in [0.1, 0.15) is 5.82 Å². The molecule has 6 heteroatoms. The molecule has 0 radical (unpaired) electrons. The first-order valence-electron chi connectivity index (χ1n) is 9.28. The van der Waals surface area contributed by atoms with E-state index in [2.05, 4.69) is 10.2 Å². The molecule has 1 aromatic carbocycles. The van der Waals surface area contributed by atoms with E-state index in [1.807, 2.05) is 13.8 Å². The number of amides is 1. The Labute approximate surface area is 152 Å². The standard InChI is InChI=1S/C20H24FN3O2/c1-12-9-16-18(13(2)26-12)22-23-19(16)20(25)24(10-14-7-8-14)11-15-5-3-4-6-17(15)21/h3-6,12-14H,7-11H2,1-2H3,(H,22,23)/t12-,13+/m1/s1. The van der Waals surface area contributed by atoms with Crippen LogP contribution in [0.3, 0.4) is 0 Å². The molecule has 2 aliphatic rings. The lowest BCUT2D eigenvalue weighted by molar-refractivity contribution is -0.00702. The van der Waals surface area contributed by atoms with Gasteiger partial charge in [0.05, 0.1) is 17.9 Å². The number of halogens is 1. The van der Waals surface area contributed by atoms with Crippen molar-refractivity contribution in [2.45, 2.75) is 51.9 Å². The predicted molar refractivity (Wildman–Crippen MR) is 95.1 cm³/mol. The summed E-state index contributed by atoms with van der Waals surface area (Å²) in [7, 11) is 0. The van der Waals surface area contributed by atoms with Gasteiger partial charge in [-0.3, -0.25) is 9.89 Å². The average molecular weight is 357 g/mol. The number of hydrogen-bond acceptors (Lipinski definition) is 3. The Bertz CT molecular complexity index is 815. The maximum absolute atomic E-state index is 14.1. The zero-order chi connectivity index (χ0) is 18.3. The van der Waals surface area contributed by atoms with Crippen molar-refractivity contribution in [3.05, 3.63) is 52.6 Å². The maximum Gasteiger partial charge on any atom is 0.274 e. The van der Waals surface area contributed by atoms with E-state index in [1.54, 1.807) is 23.1 Å². The van der Waals surface area contributed by atoms with Gasteiger partial charge in [0, 0.05) is 30.6 Å². The molecule has 2 atom stereocenters. The van der Waals surface area contributed by atoms with Gasteiger partial charge < -0.3 is 9.64 Å². The van der Waals surface area contributed by atoms with Crippen molar-refractivity contribution in [2.24, 2.45) is 5.92 Å². The number of benzene rings is 1. The van der Waals surface area contributed by atoms with Gasteiger partial charge in [-0.2, -0.15) is 5.10 Å². The fourth-order valence-corrected chi connectivity index (χ4v) is 3.66. The quantitative estimate of drug-likeness (QED) is 0.889. The van der Waals surface area contributed by atoms with Crippen molar-refractivity contribution in [1.82, 2.24) is 15.1 Å². The Kier molecular flexibility index (Phi) is 4.53. The van der Waals surface area contributed by atoms with E-state index >= 15 is 0 Å². The van der Waals surface area contributed by atoms with Crippen molar-refractivity contribution < 1.29 is 13.9 Å². The first-order valence-corrected chi connectivity index (χ1v) is 9.28. The Morgan fingerprint density at radius 1 is 1.35 bits per heavy atom. The number of hydrogen-bond donors (Lipinski definition) is 1. The van der Waals surface area contributed by atoms with Crippen LogP contribution in [0.4, 0.5) is 4.39 Å². The lowest BCUT2D eigenvalue weighted by atomic mass is 9.99. The molecule has 138 valence electrons. The molecule has 4 rings (SSSR count). The molecule has 1 aliphatic heterocycles.